The number of esters is 1. The van der Waals surface area contributed by atoms with E-state index in [-0.39, 0.29) is 11.9 Å². The molecule has 2 aromatic rings. The third kappa shape index (κ3) is 15.8. The van der Waals surface area contributed by atoms with E-state index in [0.29, 0.717) is 19.6 Å². The summed E-state index contributed by atoms with van der Waals surface area (Å²) in [5, 5.41) is 0. The Labute approximate surface area is 239 Å². The minimum absolute atomic E-state index is 0.122. The number of nitrogens with zero attached hydrogens (tertiary/aromatic N) is 1. The number of benzene rings is 2. The molecule has 0 heterocycles. The zero-order chi connectivity index (χ0) is 28.2. The molecule has 0 radical (unpaired) electrons. The first kappa shape index (κ1) is 32.9. The third-order valence-electron chi connectivity index (χ3n) is 7.39. The Kier molecular flexibility index (Phi) is 16.6. The van der Waals surface area contributed by atoms with E-state index in [1.54, 1.807) is 0 Å². The van der Waals surface area contributed by atoms with Gasteiger partial charge < -0.3 is 14.0 Å². The number of quaternary nitrogens is 1. The van der Waals surface area contributed by atoms with E-state index >= 15 is 0 Å². The molecular formula is C35H56NO3+. The highest BCUT2D eigenvalue weighted by Crippen LogP contribution is 2.18. The zero-order valence-electron chi connectivity index (χ0n) is 25.5. The first-order valence-corrected chi connectivity index (χ1v) is 15.6. The fourth-order valence-electron chi connectivity index (χ4n) is 5.31. The van der Waals surface area contributed by atoms with Gasteiger partial charge in [-0.3, -0.25) is 4.79 Å². The molecule has 1 atom stereocenters. The van der Waals surface area contributed by atoms with Crippen LogP contribution in [0.15, 0.2) is 54.6 Å². The van der Waals surface area contributed by atoms with Crippen molar-refractivity contribution in [1.82, 2.24) is 0 Å². The lowest BCUT2D eigenvalue weighted by Crippen LogP contribution is -2.44. The van der Waals surface area contributed by atoms with Crippen molar-refractivity contribution >= 4 is 5.97 Å². The van der Waals surface area contributed by atoms with E-state index in [4.69, 9.17) is 9.47 Å². The summed E-state index contributed by atoms with van der Waals surface area (Å²) in [6, 6.07) is 18.9. The number of carbonyl (C=O) groups is 1. The van der Waals surface area contributed by atoms with Crippen LogP contribution in [0.5, 0.6) is 5.75 Å². The number of unbranched alkanes of at least 4 members (excludes halogenated alkanes) is 10. The second-order valence-corrected chi connectivity index (χ2v) is 12.0. The van der Waals surface area contributed by atoms with E-state index in [2.05, 4.69) is 63.5 Å². The summed E-state index contributed by atoms with van der Waals surface area (Å²) in [6.07, 6.45) is 16.9. The van der Waals surface area contributed by atoms with Crippen molar-refractivity contribution < 1.29 is 18.8 Å². The molecule has 2 rings (SSSR count). The predicted octanol–water partition coefficient (Wildman–Crippen LogP) is 8.76. The molecule has 0 aliphatic rings. The third-order valence-corrected chi connectivity index (χ3v) is 7.39. The summed E-state index contributed by atoms with van der Waals surface area (Å²) in [6.45, 7) is 6.83. The van der Waals surface area contributed by atoms with Gasteiger partial charge in [0.2, 0.25) is 0 Å². The van der Waals surface area contributed by atoms with Gasteiger partial charge in [0, 0.05) is 12.0 Å². The predicted molar refractivity (Wildman–Crippen MR) is 164 cm³/mol. The number of carbonyl (C=O) groups excluding carboxylic acids is 1. The number of ether oxygens (including phenoxy) is 2. The average molecular weight is 539 g/mol. The summed E-state index contributed by atoms with van der Waals surface area (Å²) in [7, 11) is 4.33. The number of aryl methyl sites for hydroxylation is 1. The molecule has 0 bridgehead atoms. The molecule has 1 unspecified atom stereocenters. The Hall–Kier alpha value is -2.33. The Morgan fingerprint density at radius 1 is 0.744 bits per heavy atom. The van der Waals surface area contributed by atoms with Crippen LogP contribution in [0.25, 0.3) is 0 Å². The summed E-state index contributed by atoms with van der Waals surface area (Å²) >= 11 is 0. The summed E-state index contributed by atoms with van der Waals surface area (Å²) in [5.41, 5.74) is 2.63. The Bertz CT molecular complexity index is 896. The highest BCUT2D eigenvalue weighted by molar-refractivity contribution is 5.72. The Balaban J connectivity index is 1.53. The maximum absolute atomic E-state index is 12.5. The molecule has 0 aliphatic heterocycles. The molecule has 0 amide bonds. The maximum Gasteiger partial charge on any atom is 0.314 e. The summed E-state index contributed by atoms with van der Waals surface area (Å²) < 4.78 is 12.3. The molecule has 0 aromatic heterocycles. The van der Waals surface area contributed by atoms with Gasteiger partial charge in [0.1, 0.15) is 18.2 Å². The molecule has 2 aromatic carbocycles. The molecule has 0 N–H and O–H groups in total. The largest absolute Gasteiger partial charge is 0.493 e. The monoisotopic (exact) mass is 538 g/mol. The highest BCUT2D eigenvalue weighted by Gasteiger charge is 2.25. The quantitative estimate of drug-likeness (QED) is 0.0854. The van der Waals surface area contributed by atoms with Gasteiger partial charge in [-0.25, -0.2) is 0 Å². The first-order chi connectivity index (χ1) is 18.9. The second kappa shape index (κ2) is 19.7. The maximum atomic E-state index is 12.5. The van der Waals surface area contributed by atoms with Crippen LogP contribution in [-0.4, -0.2) is 44.3 Å². The fraction of sp³-hybridized carbons (Fsp3) is 0.629. The molecule has 218 valence electrons. The number of hydrogen-bond donors (Lipinski definition) is 0. The van der Waals surface area contributed by atoms with Crippen LogP contribution in [0.4, 0.5) is 0 Å². The molecule has 0 fully saturated rings. The van der Waals surface area contributed by atoms with E-state index in [1.807, 2.05) is 19.1 Å². The molecule has 4 nitrogen and oxygen atoms in total. The van der Waals surface area contributed by atoms with Gasteiger partial charge in [-0.05, 0) is 37.5 Å². The molecule has 4 heteroatoms. The zero-order valence-corrected chi connectivity index (χ0v) is 25.5. The topological polar surface area (TPSA) is 35.5 Å². The fourth-order valence-corrected chi connectivity index (χ4v) is 5.31. The number of hydrogen-bond acceptors (Lipinski definition) is 3. The van der Waals surface area contributed by atoms with Crippen LogP contribution < -0.4 is 4.74 Å². The summed E-state index contributed by atoms with van der Waals surface area (Å²) in [5.74, 6) is 0.648. The lowest BCUT2D eigenvalue weighted by Gasteiger charge is -2.31. The smallest absolute Gasteiger partial charge is 0.314 e. The minimum atomic E-state index is -0.142. The summed E-state index contributed by atoms with van der Waals surface area (Å²) in [4.78, 5) is 12.5. The van der Waals surface area contributed by atoms with E-state index in [1.165, 1.54) is 81.8 Å². The molecular weight excluding hydrogens is 482 g/mol. The van der Waals surface area contributed by atoms with Gasteiger partial charge in [-0.1, -0.05) is 114 Å². The van der Waals surface area contributed by atoms with E-state index in [0.717, 1.165) is 29.7 Å². The molecule has 0 aliphatic carbocycles. The van der Waals surface area contributed by atoms with Crippen LogP contribution >= 0.6 is 0 Å². The average Bonchev–Trinajstić information content (AvgIpc) is 2.91. The van der Waals surface area contributed by atoms with Crippen molar-refractivity contribution in [3.05, 3.63) is 65.7 Å². The highest BCUT2D eigenvalue weighted by atomic mass is 16.5. The van der Waals surface area contributed by atoms with Gasteiger partial charge in [-0.2, -0.15) is 0 Å². The van der Waals surface area contributed by atoms with Crippen LogP contribution in [-0.2, 0) is 22.5 Å². The SMILES string of the molecule is CCCCCCCCCCCCCc1cccc(OCCCOC(=O)C(C)C[N+](C)(C)Cc2ccccc2)c1. The lowest BCUT2D eigenvalue weighted by atomic mass is 10.0. The van der Waals surface area contributed by atoms with Crippen molar-refractivity contribution in [3.63, 3.8) is 0 Å². The van der Waals surface area contributed by atoms with Crippen molar-refractivity contribution in [2.75, 3.05) is 33.9 Å². The van der Waals surface area contributed by atoms with Crippen LogP contribution in [0, 0.1) is 5.92 Å². The molecule has 0 saturated heterocycles. The Morgan fingerprint density at radius 3 is 2.03 bits per heavy atom. The van der Waals surface area contributed by atoms with Gasteiger partial charge >= 0.3 is 5.97 Å². The van der Waals surface area contributed by atoms with Gasteiger partial charge in [0.05, 0.1) is 33.9 Å². The Morgan fingerprint density at radius 2 is 1.36 bits per heavy atom. The molecule has 0 spiro atoms. The minimum Gasteiger partial charge on any atom is -0.493 e. The van der Waals surface area contributed by atoms with Gasteiger partial charge in [-0.15, -0.1) is 0 Å². The van der Waals surface area contributed by atoms with E-state index < -0.39 is 0 Å². The first-order valence-electron chi connectivity index (χ1n) is 15.6. The standard InChI is InChI=1S/C35H56NO3/c1-5-6-7-8-9-10-11-12-13-14-16-21-32-24-19-25-34(28-32)38-26-20-27-39-35(37)31(2)29-36(3,4)30-33-22-17-15-18-23-33/h15,17-19,22-25,28,31H,5-14,16,20-21,26-27,29-30H2,1-4H3/q+1. The second-order valence-electron chi connectivity index (χ2n) is 12.0. The molecule has 39 heavy (non-hydrogen) atoms. The number of rotatable bonds is 22. The van der Waals surface area contributed by atoms with Crippen molar-refractivity contribution in [3.8, 4) is 5.75 Å². The van der Waals surface area contributed by atoms with E-state index in [9.17, 15) is 4.79 Å². The van der Waals surface area contributed by atoms with Gasteiger partial charge in [0.25, 0.3) is 0 Å². The van der Waals surface area contributed by atoms with Gasteiger partial charge in [0.15, 0.2) is 0 Å². The normalized spacial score (nSPS) is 12.3. The van der Waals surface area contributed by atoms with Crippen molar-refractivity contribution in [2.24, 2.45) is 5.92 Å². The van der Waals surface area contributed by atoms with Crippen LogP contribution in [0.3, 0.4) is 0 Å². The lowest BCUT2D eigenvalue weighted by molar-refractivity contribution is -0.905. The van der Waals surface area contributed by atoms with Crippen LogP contribution in [0.2, 0.25) is 0 Å². The molecule has 0 saturated carbocycles. The van der Waals surface area contributed by atoms with Crippen molar-refractivity contribution in [1.29, 1.82) is 0 Å². The van der Waals surface area contributed by atoms with Crippen molar-refractivity contribution in [2.45, 2.75) is 104 Å². The van der Waals surface area contributed by atoms with Crippen LogP contribution in [0.1, 0.15) is 102 Å².